The minimum Gasteiger partial charge on any atom is -0.390 e. The van der Waals surface area contributed by atoms with E-state index < -0.39 is 13.0 Å². The molecule has 0 atom stereocenters. The predicted octanol–water partition coefficient (Wildman–Crippen LogP) is 1.29. The third-order valence-corrected chi connectivity index (χ3v) is 1.58. The van der Waals surface area contributed by atoms with E-state index in [9.17, 15) is 8.78 Å². The molecule has 1 N–H and O–H groups in total. The SMILES string of the molecule is OCc1nn(CC(F)F)cc1Cl. The smallest absolute Gasteiger partial charge is 0.257 e. The lowest BCUT2D eigenvalue weighted by molar-refractivity contribution is 0.121. The van der Waals surface area contributed by atoms with Crippen molar-refractivity contribution >= 4 is 11.6 Å². The highest BCUT2D eigenvalue weighted by molar-refractivity contribution is 6.31. The molecule has 6 heteroatoms. The summed E-state index contributed by atoms with van der Waals surface area (Å²) in [6.07, 6.45) is -1.20. The summed E-state index contributed by atoms with van der Waals surface area (Å²) in [4.78, 5) is 0. The van der Waals surface area contributed by atoms with Gasteiger partial charge < -0.3 is 5.11 Å². The first-order valence-corrected chi connectivity index (χ1v) is 3.62. The van der Waals surface area contributed by atoms with Gasteiger partial charge in [0.05, 0.1) is 11.6 Å². The van der Waals surface area contributed by atoms with Crippen molar-refractivity contribution in [3.8, 4) is 0 Å². The maximum Gasteiger partial charge on any atom is 0.257 e. The van der Waals surface area contributed by atoms with Crippen LogP contribution in [0.5, 0.6) is 0 Å². The van der Waals surface area contributed by atoms with Gasteiger partial charge in [-0.05, 0) is 0 Å². The number of aromatic nitrogens is 2. The second-order valence-electron chi connectivity index (χ2n) is 2.19. The zero-order chi connectivity index (χ0) is 9.14. The molecule has 0 aliphatic carbocycles. The number of rotatable bonds is 3. The molecule has 1 heterocycles. The Hall–Kier alpha value is -0.680. The number of hydrogen-bond acceptors (Lipinski definition) is 2. The van der Waals surface area contributed by atoms with Gasteiger partial charge >= 0.3 is 0 Å². The topological polar surface area (TPSA) is 38.1 Å². The van der Waals surface area contributed by atoms with Crippen molar-refractivity contribution in [1.82, 2.24) is 9.78 Å². The zero-order valence-corrected chi connectivity index (χ0v) is 6.80. The fraction of sp³-hybridized carbons (Fsp3) is 0.500. The van der Waals surface area contributed by atoms with E-state index in [2.05, 4.69) is 5.10 Å². The van der Waals surface area contributed by atoms with Crippen LogP contribution in [0.15, 0.2) is 6.20 Å². The summed E-state index contributed by atoms with van der Waals surface area (Å²) in [5, 5.41) is 12.4. The highest BCUT2D eigenvalue weighted by atomic mass is 35.5. The van der Waals surface area contributed by atoms with Gasteiger partial charge in [-0.25, -0.2) is 8.78 Å². The molecule has 1 aromatic rings. The average molecular weight is 197 g/mol. The molecule has 0 aliphatic heterocycles. The fourth-order valence-electron chi connectivity index (χ4n) is 0.779. The Kier molecular flexibility index (Phi) is 2.99. The Labute approximate surface area is 72.6 Å². The number of halogens is 3. The van der Waals surface area contributed by atoms with Crippen molar-refractivity contribution in [2.45, 2.75) is 19.6 Å². The van der Waals surface area contributed by atoms with Crippen molar-refractivity contribution in [1.29, 1.82) is 0 Å². The van der Waals surface area contributed by atoms with Crippen LogP contribution in [-0.2, 0) is 13.2 Å². The highest BCUT2D eigenvalue weighted by Crippen LogP contribution is 2.14. The van der Waals surface area contributed by atoms with Gasteiger partial charge in [0.1, 0.15) is 12.2 Å². The molecule has 1 rings (SSSR count). The minimum atomic E-state index is -2.47. The van der Waals surface area contributed by atoms with E-state index in [1.807, 2.05) is 0 Å². The Morgan fingerprint density at radius 3 is 2.75 bits per heavy atom. The summed E-state index contributed by atoms with van der Waals surface area (Å²) in [6.45, 7) is -0.839. The summed E-state index contributed by atoms with van der Waals surface area (Å²) >= 11 is 5.54. The van der Waals surface area contributed by atoms with Crippen molar-refractivity contribution in [3.05, 3.63) is 16.9 Å². The number of aliphatic hydroxyl groups is 1. The number of nitrogens with zero attached hydrogens (tertiary/aromatic N) is 2. The van der Waals surface area contributed by atoms with Crippen LogP contribution in [0.4, 0.5) is 8.78 Å². The third-order valence-electron chi connectivity index (χ3n) is 1.26. The van der Waals surface area contributed by atoms with Crippen LogP contribution in [0, 0.1) is 0 Å². The summed E-state index contributed by atoms with van der Waals surface area (Å²) in [6, 6.07) is 0. The van der Waals surface area contributed by atoms with Crippen LogP contribution in [0.1, 0.15) is 5.69 Å². The maximum absolute atomic E-state index is 11.8. The molecule has 68 valence electrons. The van der Waals surface area contributed by atoms with Gasteiger partial charge in [0.25, 0.3) is 6.43 Å². The van der Waals surface area contributed by atoms with Crippen molar-refractivity contribution in [3.63, 3.8) is 0 Å². The van der Waals surface area contributed by atoms with Crippen LogP contribution < -0.4 is 0 Å². The average Bonchev–Trinajstić information content (AvgIpc) is 2.29. The Morgan fingerprint density at radius 1 is 1.67 bits per heavy atom. The summed E-state index contributed by atoms with van der Waals surface area (Å²) in [5.74, 6) is 0. The predicted molar refractivity (Wildman–Crippen MR) is 39.2 cm³/mol. The van der Waals surface area contributed by atoms with E-state index in [1.54, 1.807) is 0 Å². The highest BCUT2D eigenvalue weighted by Gasteiger charge is 2.09. The van der Waals surface area contributed by atoms with Crippen LogP contribution in [0.25, 0.3) is 0 Å². The summed E-state index contributed by atoms with van der Waals surface area (Å²) in [7, 11) is 0. The Balaban J connectivity index is 2.75. The molecule has 0 aromatic carbocycles. The zero-order valence-electron chi connectivity index (χ0n) is 6.04. The molecule has 0 bridgehead atoms. The minimum absolute atomic E-state index is 0.207. The number of hydrogen-bond donors (Lipinski definition) is 1. The van der Waals surface area contributed by atoms with Gasteiger partial charge in [-0.1, -0.05) is 11.6 Å². The lowest BCUT2D eigenvalue weighted by Gasteiger charge is -1.97. The van der Waals surface area contributed by atoms with Crippen molar-refractivity contribution in [2.75, 3.05) is 0 Å². The van der Waals surface area contributed by atoms with Gasteiger partial charge in [-0.2, -0.15) is 5.10 Å². The molecule has 0 unspecified atom stereocenters. The first-order chi connectivity index (χ1) is 5.63. The Morgan fingerprint density at radius 2 is 2.33 bits per heavy atom. The monoisotopic (exact) mass is 196 g/mol. The number of alkyl halides is 2. The van der Waals surface area contributed by atoms with Crippen molar-refractivity contribution in [2.24, 2.45) is 0 Å². The van der Waals surface area contributed by atoms with Crippen LogP contribution in [0.3, 0.4) is 0 Å². The molecular formula is C6H7ClF2N2O. The molecule has 0 amide bonds. The Bertz CT molecular complexity index is 264. The van der Waals surface area contributed by atoms with E-state index in [4.69, 9.17) is 16.7 Å². The van der Waals surface area contributed by atoms with E-state index in [0.717, 1.165) is 4.68 Å². The lowest BCUT2D eigenvalue weighted by atomic mass is 10.5. The van der Waals surface area contributed by atoms with Crippen LogP contribution in [0.2, 0.25) is 5.02 Å². The normalized spacial score (nSPS) is 11.1. The first kappa shape index (κ1) is 9.41. The molecule has 0 radical (unpaired) electrons. The number of aliphatic hydroxyl groups excluding tert-OH is 1. The van der Waals surface area contributed by atoms with Gasteiger partial charge in [0, 0.05) is 6.20 Å². The lowest BCUT2D eigenvalue weighted by Crippen LogP contribution is -2.07. The van der Waals surface area contributed by atoms with Crippen LogP contribution in [-0.4, -0.2) is 21.3 Å². The van der Waals surface area contributed by atoms with Crippen molar-refractivity contribution < 1.29 is 13.9 Å². The van der Waals surface area contributed by atoms with Gasteiger partial charge in [-0.15, -0.1) is 0 Å². The van der Waals surface area contributed by atoms with E-state index in [1.165, 1.54) is 6.20 Å². The second-order valence-corrected chi connectivity index (χ2v) is 2.60. The van der Waals surface area contributed by atoms with Gasteiger partial charge in [-0.3, -0.25) is 4.68 Å². The molecule has 3 nitrogen and oxygen atoms in total. The molecule has 1 aromatic heterocycles. The molecule has 0 saturated carbocycles. The molecular weight excluding hydrogens is 190 g/mol. The van der Waals surface area contributed by atoms with Gasteiger partial charge in [0.2, 0.25) is 0 Å². The molecule has 0 fully saturated rings. The standard InChI is InChI=1S/C6H7ClF2N2O/c7-4-1-11(2-6(8)9)10-5(4)3-12/h1,6,12H,2-3H2. The molecule has 0 spiro atoms. The summed E-state index contributed by atoms with van der Waals surface area (Å²) in [5.41, 5.74) is 0.220. The molecule has 12 heavy (non-hydrogen) atoms. The van der Waals surface area contributed by atoms with Crippen LogP contribution >= 0.6 is 11.6 Å². The van der Waals surface area contributed by atoms with Gasteiger partial charge in [0.15, 0.2) is 0 Å². The fourth-order valence-corrected chi connectivity index (χ4v) is 0.989. The maximum atomic E-state index is 11.8. The first-order valence-electron chi connectivity index (χ1n) is 3.24. The summed E-state index contributed by atoms with van der Waals surface area (Å²) < 4.78 is 24.6. The third kappa shape index (κ3) is 2.15. The largest absolute Gasteiger partial charge is 0.390 e. The van der Waals surface area contributed by atoms with E-state index in [0.29, 0.717) is 0 Å². The van der Waals surface area contributed by atoms with E-state index >= 15 is 0 Å². The second kappa shape index (κ2) is 3.82. The molecule has 0 aliphatic rings. The van der Waals surface area contributed by atoms with E-state index in [-0.39, 0.29) is 17.3 Å². The quantitative estimate of drug-likeness (QED) is 0.791. The molecule has 0 saturated heterocycles.